The van der Waals surface area contributed by atoms with E-state index in [1.165, 1.54) is 16.4 Å². The van der Waals surface area contributed by atoms with Gasteiger partial charge in [-0.15, -0.1) is 12.4 Å². The van der Waals surface area contributed by atoms with Crippen LogP contribution in [0.3, 0.4) is 0 Å². The maximum atomic E-state index is 12.5. The van der Waals surface area contributed by atoms with E-state index < -0.39 is 10.0 Å². The molecule has 6 nitrogen and oxygen atoms in total. The van der Waals surface area contributed by atoms with Crippen molar-refractivity contribution < 1.29 is 13.2 Å². The first-order valence-electron chi connectivity index (χ1n) is 8.54. The third-order valence-electron chi connectivity index (χ3n) is 4.54. The number of carbonyl (C=O) groups is 1. The standard InChI is InChI=1S/C17H27N3O3S.ClH/c1-4-20(5-2)24(22,23)15-10-8-14(9-11-15)17(21)19-16-7-6-12-18-13(16)3;/h8-11,13,16,18H,4-7,12H2,1-3H3,(H,19,21);1H. The topological polar surface area (TPSA) is 78.5 Å². The molecule has 2 unspecified atom stereocenters. The Bertz CT molecular complexity index is 660. The van der Waals surface area contributed by atoms with E-state index in [9.17, 15) is 13.2 Å². The van der Waals surface area contributed by atoms with Crippen LogP contribution in [0.5, 0.6) is 0 Å². The number of halogens is 1. The summed E-state index contributed by atoms with van der Waals surface area (Å²) in [4.78, 5) is 12.6. The van der Waals surface area contributed by atoms with Crippen LogP contribution >= 0.6 is 12.4 Å². The average molecular weight is 390 g/mol. The van der Waals surface area contributed by atoms with Gasteiger partial charge in [0.1, 0.15) is 0 Å². The zero-order chi connectivity index (χ0) is 17.7. The maximum Gasteiger partial charge on any atom is 0.251 e. The fourth-order valence-corrected chi connectivity index (χ4v) is 4.44. The molecule has 1 fully saturated rings. The van der Waals surface area contributed by atoms with Crippen LogP contribution in [0.1, 0.15) is 44.0 Å². The van der Waals surface area contributed by atoms with Crippen molar-refractivity contribution >= 4 is 28.3 Å². The van der Waals surface area contributed by atoms with Gasteiger partial charge in [-0.3, -0.25) is 4.79 Å². The molecule has 2 N–H and O–H groups in total. The number of nitrogens with one attached hydrogen (secondary N) is 2. The van der Waals surface area contributed by atoms with E-state index in [1.54, 1.807) is 12.1 Å². The van der Waals surface area contributed by atoms with E-state index in [-0.39, 0.29) is 35.3 Å². The summed E-state index contributed by atoms with van der Waals surface area (Å²) in [6.45, 7) is 7.50. The summed E-state index contributed by atoms with van der Waals surface area (Å²) in [6, 6.07) is 6.51. The molecule has 0 aromatic heterocycles. The Balaban J connectivity index is 0.00000312. The summed E-state index contributed by atoms with van der Waals surface area (Å²) in [5.41, 5.74) is 0.478. The van der Waals surface area contributed by atoms with Crippen molar-refractivity contribution in [3.05, 3.63) is 29.8 Å². The summed E-state index contributed by atoms with van der Waals surface area (Å²) in [6.07, 6.45) is 1.99. The lowest BCUT2D eigenvalue weighted by atomic mass is 9.99. The summed E-state index contributed by atoms with van der Waals surface area (Å²) in [7, 11) is -3.49. The highest BCUT2D eigenvalue weighted by atomic mass is 35.5. The lowest BCUT2D eigenvalue weighted by Gasteiger charge is -2.30. The van der Waals surface area contributed by atoms with Crippen LogP contribution < -0.4 is 10.6 Å². The molecule has 1 aliphatic heterocycles. The lowest BCUT2D eigenvalue weighted by molar-refractivity contribution is 0.0919. The van der Waals surface area contributed by atoms with Gasteiger partial charge in [0.2, 0.25) is 10.0 Å². The van der Waals surface area contributed by atoms with Gasteiger partial charge in [0.15, 0.2) is 0 Å². The Morgan fingerprint density at radius 1 is 1.24 bits per heavy atom. The number of piperidine rings is 1. The zero-order valence-corrected chi connectivity index (χ0v) is 16.6. The molecule has 1 aromatic carbocycles. The normalized spacial score (nSPS) is 20.8. The number of amides is 1. The molecule has 2 rings (SSSR count). The quantitative estimate of drug-likeness (QED) is 0.780. The molecular formula is C17H28ClN3O3S. The van der Waals surface area contributed by atoms with Gasteiger partial charge in [-0.05, 0) is 50.6 Å². The van der Waals surface area contributed by atoms with E-state index in [0.29, 0.717) is 18.7 Å². The largest absolute Gasteiger partial charge is 0.348 e. The van der Waals surface area contributed by atoms with Crippen LogP contribution in [-0.2, 0) is 10.0 Å². The molecule has 0 bridgehead atoms. The van der Waals surface area contributed by atoms with Crippen molar-refractivity contribution in [2.75, 3.05) is 19.6 Å². The molecule has 1 heterocycles. The Kier molecular flexibility index (Phi) is 8.34. The van der Waals surface area contributed by atoms with Gasteiger partial charge in [0.05, 0.1) is 4.90 Å². The van der Waals surface area contributed by atoms with Gasteiger partial charge in [0.25, 0.3) is 5.91 Å². The van der Waals surface area contributed by atoms with Crippen LogP contribution in [-0.4, -0.2) is 50.3 Å². The second kappa shape index (κ2) is 9.52. The van der Waals surface area contributed by atoms with E-state index >= 15 is 0 Å². The number of hydrogen-bond donors (Lipinski definition) is 2. The minimum absolute atomic E-state index is 0. The maximum absolute atomic E-state index is 12.5. The molecule has 1 aromatic rings. The highest BCUT2D eigenvalue weighted by Gasteiger charge is 2.24. The average Bonchev–Trinajstić information content (AvgIpc) is 2.58. The fourth-order valence-electron chi connectivity index (χ4n) is 2.98. The summed E-state index contributed by atoms with van der Waals surface area (Å²) in [5, 5.41) is 6.37. The number of benzene rings is 1. The van der Waals surface area contributed by atoms with Gasteiger partial charge in [-0.2, -0.15) is 4.31 Å². The molecule has 142 valence electrons. The molecule has 25 heavy (non-hydrogen) atoms. The summed E-state index contributed by atoms with van der Waals surface area (Å²) in [5.74, 6) is -0.165. The number of sulfonamides is 1. The van der Waals surface area contributed by atoms with E-state index in [1.807, 2.05) is 13.8 Å². The van der Waals surface area contributed by atoms with Gasteiger partial charge in [-0.1, -0.05) is 13.8 Å². The summed E-state index contributed by atoms with van der Waals surface area (Å²) >= 11 is 0. The fraction of sp³-hybridized carbons (Fsp3) is 0.588. The Hall–Kier alpha value is -1.15. The molecular weight excluding hydrogens is 362 g/mol. The smallest absolute Gasteiger partial charge is 0.251 e. The van der Waals surface area contributed by atoms with Crippen LogP contribution in [0.25, 0.3) is 0 Å². The molecule has 2 atom stereocenters. The van der Waals surface area contributed by atoms with Crippen molar-refractivity contribution in [3.63, 3.8) is 0 Å². The SMILES string of the molecule is CCN(CC)S(=O)(=O)c1ccc(C(=O)NC2CCCNC2C)cc1.Cl. The molecule has 1 saturated heterocycles. The van der Waals surface area contributed by atoms with E-state index in [2.05, 4.69) is 17.6 Å². The number of rotatable bonds is 6. The minimum atomic E-state index is -3.49. The second-order valence-corrected chi connectivity index (χ2v) is 8.02. The predicted molar refractivity (Wildman–Crippen MR) is 102 cm³/mol. The van der Waals surface area contributed by atoms with Crippen molar-refractivity contribution in [3.8, 4) is 0 Å². The number of nitrogens with zero attached hydrogens (tertiary/aromatic N) is 1. The first-order valence-corrected chi connectivity index (χ1v) is 9.98. The van der Waals surface area contributed by atoms with Gasteiger partial charge < -0.3 is 10.6 Å². The van der Waals surface area contributed by atoms with E-state index in [4.69, 9.17) is 0 Å². The predicted octanol–water partition coefficient (Wildman–Crippen LogP) is 2.01. The Labute approximate surface area is 156 Å². The van der Waals surface area contributed by atoms with Crippen molar-refractivity contribution in [1.82, 2.24) is 14.9 Å². The van der Waals surface area contributed by atoms with Gasteiger partial charge in [0, 0.05) is 30.7 Å². The monoisotopic (exact) mass is 389 g/mol. The second-order valence-electron chi connectivity index (χ2n) is 6.08. The molecule has 0 aliphatic carbocycles. The molecule has 1 amide bonds. The molecule has 0 saturated carbocycles. The third kappa shape index (κ3) is 5.17. The third-order valence-corrected chi connectivity index (χ3v) is 6.60. The van der Waals surface area contributed by atoms with Gasteiger partial charge in [-0.25, -0.2) is 8.42 Å². The van der Waals surface area contributed by atoms with Gasteiger partial charge >= 0.3 is 0 Å². The van der Waals surface area contributed by atoms with Crippen LogP contribution in [0, 0.1) is 0 Å². The lowest BCUT2D eigenvalue weighted by Crippen LogP contribution is -2.51. The minimum Gasteiger partial charge on any atom is -0.348 e. The Morgan fingerprint density at radius 3 is 2.36 bits per heavy atom. The Morgan fingerprint density at radius 2 is 1.84 bits per heavy atom. The summed E-state index contributed by atoms with van der Waals surface area (Å²) < 4.78 is 26.3. The van der Waals surface area contributed by atoms with Crippen molar-refractivity contribution in [2.24, 2.45) is 0 Å². The molecule has 1 aliphatic rings. The molecule has 0 radical (unpaired) electrons. The van der Waals surface area contributed by atoms with Crippen LogP contribution in [0.2, 0.25) is 0 Å². The highest BCUT2D eigenvalue weighted by Crippen LogP contribution is 2.17. The van der Waals surface area contributed by atoms with Crippen LogP contribution in [0.15, 0.2) is 29.2 Å². The highest BCUT2D eigenvalue weighted by molar-refractivity contribution is 7.89. The molecule has 0 spiro atoms. The van der Waals surface area contributed by atoms with Crippen LogP contribution in [0.4, 0.5) is 0 Å². The zero-order valence-electron chi connectivity index (χ0n) is 15.0. The van der Waals surface area contributed by atoms with E-state index in [0.717, 1.165) is 19.4 Å². The first kappa shape index (κ1) is 21.9. The van der Waals surface area contributed by atoms with Crippen molar-refractivity contribution in [2.45, 2.75) is 50.6 Å². The molecule has 8 heteroatoms. The number of hydrogen-bond acceptors (Lipinski definition) is 4. The van der Waals surface area contributed by atoms with Crippen molar-refractivity contribution in [1.29, 1.82) is 0 Å². The first-order chi connectivity index (χ1) is 11.4. The number of carbonyl (C=O) groups excluding carboxylic acids is 1.